The van der Waals surface area contributed by atoms with Crippen LogP contribution in [0.5, 0.6) is 11.5 Å². The predicted octanol–water partition coefficient (Wildman–Crippen LogP) is 5.54. The highest BCUT2D eigenvalue weighted by Crippen LogP contribution is 2.40. The summed E-state index contributed by atoms with van der Waals surface area (Å²) in [6.07, 6.45) is -3.67. The average Bonchev–Trinajstić information content (AvgIpc) is 3.24. The van der Waals surface area contributed by atoms with Crippen LogP contribution in [0.2, 0.25) is 0 Å². The molecule has 2 fully saturated rings. The fourth-order valence-electron chi connectivity index (χ4n) is 4.85. The fraction of sp³-hybridized carbons (Fsp3) is 0.480. The van der Waals surface area contributed by atoms with Gasteiger partial charge < -0.3 is 24.4 Å². The van der Waals surface area contributed by atoms with Crippen LogP contribution in [0.15, 0.2) is 42.5 Å². The van der Waals surface area contributed by atoms with Gasteiger partial charge in [-0.15, -0.1) is 12.4 Å². The van der Waals surface area contributed by atoms with Crippen molar-refractivity contribution in [1.82, 2.24) is 0 Å². The third-order valence-electron chi connectivity index (χ3n) is 6.69. The minimum absolute atomic E-state index is 0. The van der Waals surface area contributed by atoms with Gasteiger partial charge in [-0.2, -0.15) is 13.2 Å². The molecule has 0 aromatic heterocycles. The minimum atomic E-state index is -4.36. The minimum Gasteiger partial charge on any atom is -0.497 e. The van der Waals surface area contributed by atoms with Crippen LogP contribution in [0, 0.1) is 11.7 Å². The van der Waals surface area contributed by atoms with Crippen LogP contribution < -0.4 is 19.3 Å². The molecule has 36 heavy (non-hydrogen) atoms. The number of anilines is 2. The molecular weight excluding hydrogens is 504 g/mol. The van der Waals surface area contributed by atoms with Crippen LogP contribution in [0.1, 0.15) is 25.7 Å². The lowest BCUT2D eigenvalue weighted by atomic mass is 10.0. The van der Waals surface area contributed by atoms with Crippen molar-refractivity contribution in [3.05, 3.63) is 48.3 Å². The van der Waals surface area contributed by atoms with E-state index in [2.05, 4.69) is 0 Å². The van der Waals surface area contributed by atoms with Crippen LogP contribution >= 0.6 is 12.4 Å². The van der Waals surface area contributed by atoms with Gasteiger partial charge in [-0.05, 0) is 42.8 Å². The fourth-order valence-corrected chi connectivity index (χ4v) is 4.85. The molecule has 0 aliphatic carbocycles. The summed E-state index contributed by atoms with van der Waals surface area (Å²) in [5.74, 6) is -1.81. The molecule has 0 bridgehead atoms. The Labute approximate surface area is 213 Å². The molecule has 2 saturated heterocycles. The van der Waals surface area contributed by atoms with Gasteiger partial charge in [0.1, 0.15) is 23.4 Å². The van der Waals surface area contributed by atoms with Crippen molar-refractivity contribution < 1.29 is 36.9 Å². The second-order valence-corrected chi connectivity index (χ2v) is 8.99. The van der Waals surface area contributed by atoms with Gasteiger partial charge in [-0.1, -0.05) is 0 Å². The summed E-state index contributed by atoms with van der Waals surface area (Å²) in [7, 11) is 1.53. The predicted molar refractivity (Wildman–Crippen MR) is 130 cm³/mol. The highest BCUT2D eigenvalue weighted by molar-refractivity contribution is 5.85. The third-order valence-corrected chi connectivity index (χ3v) is 6.69. The maximum Gasteiger partial charge on any atom is 0.393 e. The number of aliphatic carboxylic acids is 1. The summed E-state index contributed by atoms with van der Waals surface area (Å²) < 4.78 is 65.3. The maximum absolute atomic E-state index is 14.3. The van der Waals surface area contributed by atoms with Crippen molar-refractivity contribution in [1.29, 1.82) is 0 Å². The van der Waals surface area contributed by atoms with Crippen molar-refractivity contribution >= 4 is 29.8 Å². The molecule has 0 spiro atoms. The topological polar surface area (TPSA) is 62.2 Å². The zero-order chi connectivity index (χ0) is 25.2. The number of alkyl halides is 3. The molecule has 2 aromatic rings. The zero-order valence-corrected chi connectivity index (χ0v) is 20.5. The number of hydrogen-bond acceptors (Lipinski definition) is 5. The van der Waals surface area contributed by atoms with Crippen molar-refractivity contribution in [2.24, 2.45) is 5.92 Å². The maximum atomic E-state index is 14.3. The van der Waals surface area contributed by atoms with E-state index in [1.165, 1.54) is 18.1 Å². The van der Waals surface area contributed by atoms with E-state index in [0.29, 0.717) is 48.8 Å². The second-order valence-electron chi connectivity index (χ2n) is 8.99. The Hall–Kier alpha value is -2.88. The van der Waals surface area contributed by atoms with E-state index in [0.717, 1.165) is 0 Å². The number of rotatable bonds is 7. The summed E-state index contributed by atoms with van der Waals surface area (Å²) in [6, 6.07) is 10.7. The standard InChI is InChI=1S/C25H28F4N2O4.ClH/c1-34-21-6-7-22(26)23(14-21)30-10-8-20(9-11-30)35-19-4-2-17(3-5-19)31-15-16(25(27,28)29)12-18(31)13-24(32)33;/h2-7,14,16,18,20H,8-13,15H2,1H3,(H,32,33);1H/t16-,18-;/m1./s1. The summed E-state index contributed by atoms with van der Waals surface area (Å²) in [6.45, 7) is 0.952. The zero-order valence-electron chi connectivity index (χ0n) is 19.7. The number of piperidine rings is 1. The first kappa shape index (κ1) is 27.7. The summed E-state index contributed by atoms with van der Waals surface area (Å²) in [5, 5.41) is 9.13. The van der Waals surface area contributed by atoms with Gasteiger partial charge in [0.25, 0.3) is 0 Å². The highest BCUT2D eigenvalue weighted by atomic mass is 35.5. The quantitative estimate of drug-likeness (QED) is 0.473. The monoisotopic (exact) mass is 532 g/mol. The van der Waals surface area contributed by atoms with Gasteiger partial charge >= 0.3 is 12.1 Å². The number of halogens is 5. The van der Waals surface area contributed by atoms with Crippen LogP contribution in [0.4, 0.5) is 28.9 Å². The number of nitrogens with zero attached hydrogens (tertiary/aromatic N) is 2. The van der Waals surface area contributed by atoms with E-state index in [1.54, 1.807) is 36.4 Å². The van der Waals surface area contributed by atoms with Crippen molar-refractivity contribution in [2.45, 2.75) is 44.0 Å². The lowest BCUT2D eigenvalue weighted by Crippen LogP contribution is -2.38. The summed E-state index contributed by atoms with van der Waals surface area (Å²) in [5.41, 5.74) is 1.03. The molecule has 6 nitrogen and oxygen atoms in total. The van der Waals surface area contributed by atoms with Crippen molar-refractivity contribution in [3.8, 4) is 11.5 Å². The van der Waals surface area contributed by atoms with E-state index < -0.39 is 24.1 Å². The molecule has 11 heteroatoms. The lowest BCUT2D eigenvalue weighted by molar-refractivity contribution is -0.169. The number of methoxy groups -OCH3 is 1. The summed E-state index contributed by atoms with van der Waals surface area (Å²) in [4.78, 5) is 14.6. The van der Waals surface area contributed by atoms with Gasteiger partial charge in [0.05, 0.1) is 25.1 Å². The van der Waals surface area contributed by atoms with Gasteiger partial charge in [0.15, 0.2) is 0 Å². The number of carboxylic acids is 1. The van der Waals surface area contributed by atoms with E-state index >= 15 is 0 Å². The van der Waals surface area contributed by atoms with Crippen LogP contribution in [-0.4, -0.2) is 56.1 Å². The number of carbonyl (C=O) groups is 1. The Morgan fingerprint density at radius 1 is 1.08 bits per heavy atom. The molecule has 0 amide bonds. The van der Waals surface area contributed by atoms with E-state index in [9.17, 15) is 22.4 Å². The molecule has 0 saturated carbocycles. The summed E-state index contributed by atoms with van der Waals surface area (Å²) >= 11 is 0. The molecule has 2 heterocycles. The Morgan fingerprint density at radius 2 is 1.72 bits per heavy atom. The molecular formula is C25H29ClF4N2O4. The smallest absolute Gasteiger partial charge is 0.393 e. The molecule has 2 aliphatic rings. The molecule has 2 atom stereocenters. The first-order valence-corrected chi connectivity index (χ1v) is 11.5. The normalized spacial score (nSPS) is 20.7. The Morgan fingerprint density at radius 3 is 2.31 bits per heavy atom. The highest BCUT2D eigenvalue weighted by Gasteiger charge is 2.47. The third kappa shape index (κ3) is 6.46. The Kier molecular flexibility index (Phi) is 8.81. The van der Waals surface area contributed by atoms with Crippen LogP contribution in [0.25, 0.3) is 0 Å². The number of ether oxygens (including phenoxy) is 2. The molecule has 0 unspecified atom stereocenters. The molecule has 0 radical (unpaired) electrons. The van der Waals surface area contributed by atoms with Crippen LogP contribution in [0.3, 0.4) is 0 Å². The van der Waals surface area contributed by atoms with Gasteiger partial charge in [0.2, 0.25) is 0 Å². The van der Waals surface area contributed by atoms with E-state index in [4.69, 9.17) is 14.6 Å². The Balaban J connectivity index is 0.00000361. The molecule has 2 aromatic carbocycles. The number of hydrogen-bond donors (Lipinski definition) is 1. The lowest BCUT2D eigenvalue weighted by Gasteiger charge is -2.34. The number of benzene rings is 2. The Bertz CT molecular complexity index is 1030. The largest absolute Gasteiger partial charge is 0.497 e. The van der Waals surface area contributed by atoms with E-state index in [1.807, 2.05) is 4.90 Å². The van der Waals surface area contributed by atoms with Crippen molar-refractivity contribution in [2.75, 3.05) is 36.5 Å². The second kappa shape index (κ2) is 11.5. The van der Waals surface area contributed by atoms with Gasteiger partial charge in [-0.3, -0.25) is 4.79 Å². The molecule has 2 aliphatic heterocycles. The first-order chi connectivity index (χ1) is 16.6. The molecule has 198 valence electrons. The van der Waals surface area contributed by atoms with Crippen molar-refractivity contribution in [3.63, 3.8) is 0 Å². The van der Waals surface area contributed by atoms with Crippen LogP contribution in [-0.2, 0) is 4.79 Å². The number of carboxylic acid groups (broad SMARTS) is 1. The average molecular weight is 533 g/mol. The SMILES string of the molecule is COc1ccc(F)c(N2CCC(Oc3ccc(N4C[C@H](C(F)(F)F)C[C@@H]4CC(=O)O)cc3)CC2)c1.Cl. The first-order valence-electron chi connectivity index (χ1n) is 11.5. The van der Waals surface area contributed by atoms with E-state index in [-0.39, 0.29) is 43.7 Å². The molecule has 1 N–H and O–H groups in total. The molecule has 4 rings (SSSR count). The van der Waals surface area contributed by atoms with Gasteiger partial charge in [0, 0.05) is 50.3 Å². The van der Waals surface area contributed by atoms with Gasteiger partial charge in [-0.25, -0.2) is 4.39 Å².